The van der Waals surface area contributed by atoms with Gasteiger partial charge in [0.25, 0.3) is 0 Å². The van der Waals surface area contributed by atoms with Crippen molar-refractivity contribution in [3.05, 3.63) is 66.2 Å². The van der Waals surface area contributed by atoms with Gasteiger partial charge in [-0.15, -0.1) is 0 Å². The summed E-state index contributed by atoms with van der Waals surface area (Å²) in [5, 5.41) is 0. The Labute approximate surface area is 215 Å². The highest BCUT2D eigenvalue weighted by Gasteiger charge is 2.67. The third kappa shape index (κ3) is 3.40. The van der Waals surface area contributed by atoms with Crippen molar-refractivity contribution in [2.75, 3.05) is 16.3 Å². The molecule has 2 saturated heterocycles. The number of benzene rings is 2. The fourth-order valence-electron chi connectivity index (χ4n) is 7.12. The highest BCUT2D eigenvalue weighted by atomic mass is 16.5. The molecule has 0 aromatic heterocycles. The highest BCUT2D eigenvalue weighted by Crippen LogP contribution is 2.65. The molecule has 188 valence electrons. The highest BCUT2D eigenvalue weighted by molar-refractivity contribution is 6.22. The van der Waals surface area contributed by atoms with Gasteiger partial charge in [0.05, 0.1) is 23.4 Å². The predicted octanol–water partition coefficient (Wildman–Crippen LogP) is 3.77. The van der Waals surface area contributed by atoms with Crippen molar-refractivity contribution in [2.24, 2.45) is 41.4 Å². The third-order valence-corrected chi connectivity index (χ3v) is 9.07. The fourth-order valence-corrected chi connectivity index (χ4v) is 7.12. The van der Waals surface area contributed by atoms with Gasteiger partial charge in [-0.1, -0.05) is 37.3 Å². The van der Waals surface area contributed by atoms with Crippen LogP contribution in [0.3, 0.4) is 0 Å². The summed E-state index contributed by atoms with van der Waals surface area (Å²) in [5.74, 6) is -0.384. The van der Waals surface area contributed by atoms with E-state index in [4.69, 9.17) is 4.74 Å². The summed E-state index contributed by atoms with van der Waals surface area (Å²) in [7, 11) is 0. The van der Waals surface area contributed by atoms with Crippen LogP contribution in [0.4, 0.5) is 11.4 Å². The zero-order chi connectivity index (χ0) is 25.4. The smallest absolute Gasteiger partial charge is 0.316 e. The minimum absolute atomic E-state index is 0.0820. The number of nitrogens with zero attached hydrogens (tertiary/aromatic N) is 2. The van der Waals surface area contributed by atoms with E-state index in [1.165, 1.54) is 10.5 Å². The second kappa shape index (κ2) is 8.13. The van der Waals surface area contributed by atoms with Crippen molar-refractivity contribution in [3.63, 3.8) is 0 Å². The second-order valence-corrected chi connectivity index (χ2v) is 11.0. The maximum atomic E-state index is 13.4. The van der Waals surface area contributed by atoms with Crippen LogP contribution >= 0.6 is 0 Å². The van der Waals surface area contributed by atoms with Crippen molar-refractivity contribution in [3.8, 4) is 5.75 Å². The summed E-state index contributed by atoms with van der Waals surface area (Å²) in [6.07, 6.45) is 6.41. The number of esters is 1. The van der Waals surface area contributed by atoms with Gasteiger partial charge in [0.2, 0.25) is 17.7 Å². The first kappa shape index (κ1) is 22.5. The molecule has 37 heavy (non-hydrogen) atoms. The molecule has 0 N–H and O–H groups in total. The number of anilines is 2. The van der Waals surface area contributed by atoms with Gasteiger partial charge >= 0.3 is 5.97 Å². The zero-order valence-electron chi connectivity index (χ0n) is 20.6. The molecule has 0 unspecified atom stereocenters. The Bertz CT molecular complexity index is 1330. The first-order valence-corrected chi connectivity index (χ1v) is 13.2. The van der Waals surface area contributed by atoms with Gasteiger partial charge in [0.1, 0.15) is 5.75 Å². The quantitative estimate of drug-likeness (QED) is 0.272. The number of amides is 3. The van der Waals surface area contributed by atoms with Gasteiger partial charge in [0, 0.05) is 24.7 Å². The van der Waals surface area contributed by atoms with E-state index in [1.807, 2.05) is 24.3 Å². The van der Waals surface area contributed by atoms with Crippen LogP contribution in [0.15, 0.2) is 60.7 Å². The van der Waals surface area contributed by atoms with E-state index in [0.717, 1.165) is 18.5 Å². The largest absolute Gasteiger partial charge is 0.426 e. The Kier molecular flexibility index (Phi) is 4.94. The molecule has 7 heteroatoms. The van der Waals surface area contributed by atoms with Gasteiger partial charge in [-0.25, -0.2) is 4.90 Å². The van der Waals surface area contributed by atoms with Gasteiger partial charge in [-0.05, 0) is 66.3 Å². The van der Waals surface area contributed by atoms with Gasteiger partial charge in [0.15, 0.2) is 0 Å². The molecule has 7 nitrogen and oxygen atoms in total. The SMILES string of the molecule is CCc1ccc(N2C[C@H](C(=O)Oc3cccc(N4C(=O)[C@@H]5[C@H]6C=C[C@@H]([C@@H]7C[C@@H]67)[C@H]5C4=O)c3)CC2=O)cc1. The molecular formula is C30H28N2O5. The van der Waals surface area contributed by atoms with Gasteiger partial charge in [-0.3, -0.25) is 19.2 Å². The maximum absolute atomic E-state index is 13.4. The van der Waals surface area contributed by atoms with Crippen LogP contribution < -0.4 is 14.5 Å². The van der Waals surface area contributed by atoms with Crippen molar-refractivity contribution < 1.29 is 23.9 Å². The van der Waals surface area contributed by atoms with E-state index in [-0.39, 0.29) is 60.1 Å². The summed E-state index contributed by atoms with van der Waals surface area (Å²) in [6.45, 7) is 2.33. The van der Waals surface area contributed by atoms with Crippen LogP contribution in [0.1, 0.15) is 25.3 Å². The average Bonchev–Trinajstić information content (AvgIpc) is 3.59. The number of hydrogen-bond acceptors (Lipinski definition) is 5. The number of imide groups is 1. The van der Waals surface area contributed by atoms with E-state index in [9.17, 15) is 19.2 Å². The van der Waals surface area contributed by atoms with E-state index in [1.54, 1.807) is 29.2 Å². The van der Waals surface area contributed by atoms with E-state index < -0.39 is 11.9 Å². The Morgan fingerprint density at radius 3 is 2.24 bits per heavy atom. The average molecular weight is 497 g/mol. The number of aryl methyl sites for hydroxylation is 1. The molecule has 7 atom stereocenters. The monoisotopic (exact) mass is 496 g/mol. The summed E-state index contributed by atoms with van der Waals surface area (Å²) >= 11 is 0. The Balaban J connectivity index is 1.06. The van der Waals surface area contributed by atoms with Gasteiger partial charge < -0.3 is 9.64 Å². The maximum Gasteiger partial charge on any atom is 0.316 e. The Morgan fingerprint density at radius 1 is 0.919 bits per heavy atom. The molecule has 8 rings (SSSR count). The van der Waals surface area contributed by atoms with Crippen molar-refractivity contribution in [1.29, 1.82) is 0 Å². The lowest BCUT2D eigenvalue weighted by Gasteiger charge is -2.37. The molecule has 2 aliphatic heterocycles. The standard InChI is InChI=1S/C30H28N2O5/c1-2-16-6-8-18(9-7-16)31-15-17(12-25(31)33)30(36)37-20-5-3-4-19(13-20)32-28(34)26-21-10-11-22(24-14-23(21)24)27(26)29(32)35/h3-11,13,17,21-24,26-27H,2,12,14-15H2,1H3/t17-,21+,22+,23+,24+,26-,27-/m1/s1. The number of allylic oxidation sites excluding steroid dienone is 2. The first-order chi connectivity index (χ1) is 17.9. The Morgan fingerprint density at radius 2 is 1.59 bits per heavy atom. The summed E-state index contributed by atoms with van der Waals surface area (Å²) in [4.78, 5) is 55.4. The molecule has 4 fully saturated rings. The predicted molar refractivity (Wildman–Crippen MR) is 136 cm³/mol. The molecule has 2 bridgehead atoms. The van der Waals surface area contributed by atoms with Crippen LogP contribution in [-0.2, 0) is 25.6 Å². The zero-order valence-corrected chi connectivity index (χ0v) is 20.6. The summed E-state index contributed by atoms with van der Waals surface area (Å²) in [5.41, 5.74) is 2.39. The van der Waals surface area contributed by atoms with E-state index in [0.29, 0.717) is 17.5 Å². The molecule has 2 aromatic carbocycles. The normalized spacial score (nSPS) is 33.1. The molecule has 6 aliphatic rings. The summed E-state index contributed by atoms with van der Waals surface area (Å²) < 4.78 is 5.66. The molecule has 0 radical (unpaired) electrons. The molecule has 2 aromatic rings. The number of carbonyl (C=O) groups excluding carboxylic acids is 4. The minimum atomic E-state index is -0.589. The van der Waals surface area contributed by atoms with Crippen molar-refractivity contribution >= 4 is 35.1 Å². The fraction of sp³-hybridized carbons (Fsp3) is 0.400. The number of rotatable bonds is 5. The van der Waals surface area contributed by atoms with Crippen LogP contribution in [0, 0.1) is 41.4 Å². The second-order valence-electron chi connectivity index (χ2n) is 11.0. The number of hydrogen-bond donors (Lipinski definition) is 0. The van der Waals surface area contributed by atoms with Crippen LogP contribution in [-0.4, -0.2) is 30.2 Å². The molecule has 2 saturated carbocycles. The van der Waals surface area contributed by atoms with Gasteiger partial charge in [-0.2, -0.15) is 0 Å². The molecule has 3 amide bonds. The van der Waals surface area contributed by atoms with E-state index >= 15 is 0 Å². The summed E-state index contributed by atoms with van der Waals surface area (Å²) in [6, 6.07) is 14.4. The van der Waals surface area contributed by atoms with Crippen LogP contribution in [0.25, 0.3) is 0 Å². The lowest BCUT2D eigenvalue weighted by molar-refractivity contribution is -0.139. The topological polar surface area (TPSA) is 84.0 Å². The van der Waals surface area contributed by atoms with Crippen LogP contribution in [0.2, 0.25) is 0 Å². The lowest BCUT2D eigenvalue weighted by atomic mass is 9.63. The molecule has 2 heterocycles. The molecular weight excluding hydrogens is 468 g/mol. The minimum Gasteiger partial charge on any atom is -0.426 e. The van der Waals surface area contributed by atoms with Crippen molar-refractivity contribution in [1.82, 2.24) is 0 Å². The molecule has 0 spiro atoms. The number of carbonyl (C=O) groups is 4. The Hall–Kier alpha value is -3.74. The third-order valence-electron chi connectivity index (χ3n) is 9.07. The lowest BCUT2D eigenvalue weighted by Crippen LogP contribution is -2.40. The molecule has 4 aliphatic carbocycles. The number of ether oxygens (including phenoxy) is 1. The van der Waals surface area contributed by atoms with Crippen molar-refractivity contribution in [2.45, 2.75) is 26.2 Å². The van der Waals surface area contributed by atoms with Crippen LogP contribution in [0.5, 0.6) is 5.75 Å². The first-order valence-electron chi connectivity index (χ1n) is 13.2. The van der Waals surface area contributed by atoms with E-state index in [2.05, 4.69) is 19.1 Å².